The second-order valence-corrected chi connectivity index (χ2v) is 6.69. The number of nitrogen functional groups attached to an aromatic ring is 1. The largest absolute Gasteiger partial charge is 0.360 e. The van der Waals surface area contributed by atoms with Crippen molar-refractivity contribution < 1.29 is 3.96 Å². The standard InChI is InChI=1S/C16H11N3S2/c17-16-18-15(19(21-16)12-7-2-1-3-8-12)14-10-11-6-4-5-9-13(11)20-14/h1-10,17H/p+1. The first-order chi connectivity index (χ1) is 10.3. The van der Waals surface area contributed by atoms with Crippen LogP contribution < -0.4 is 9.69 Å². The van der Waals surface area contributed by atoms with Crippen molar-refractivity contribution in [3.05, 3.63) is 60.7 Å². The number of benzene rings is 2. The molecule has 0 atom stereocenters. The molecule has 0 amide bonds. The van der Waals surface area contributed by atoms with Gasteiger partial charge in [-0.15, -0.1) is 15.3 Å². The number of nitrogens with two attached hydrogens (primary N) is 1. The fourth-order valence-electron chi connectivity index (χ4n) is 2.29. The van der Waals surface area contributed by atoms with Gasteiger partial charge >= 0.3 is 11.0 Å². The van der Waals surface area contributed by atoms with E-state index in [9.17, 15) is 0 Å². The fourth-order valence-corrected chi connectivity index (χ4v) is 4.16. The monoisotopic (exact) mass is 310 g/mol. The number of fused-ring (bicyclic) bond motifs is 1. The quantitative estimate of drug-likeness (QED) is 0.571. The summed E-state index contributed by atoms with van der Waals surface area (Å²) in [6.45, 7) is 0. The van der Waals surface area contributed by atoms with Crippen LogP contribution >= 0.6 is 22.9 Å². The molecule has 21 heavy (non-hydrogen) atoms. The van der Waals surface area contributed by atoms with E-state index in [-0.39, 0.29) is 0 Å². The van der Waals surface area contributed by atoms with E-state index in [1.54, 1.807) is 11.3 Å². The van der Waals surface area contributed by atoms with E-state index in [1.165, 1.54) is 21.6 Å². The molecule has 0 aliphatic rings. The summed E-state index contributed by atoms with van der Waals surface area (Å²) in [4.78, 5) is 5.65. The molecule has 102 valence electrons. The van der Waals surface area contributed by atoms with Gasteiger partial charge in [0.2, 0.25) is 0 Å². The van der Waals surface area contributed by atoms with E-state index in [0.29, 0.717) is 5.13 Å². The molecule has 0 unspecified atom stereocenters. The second-order valence-electron chi connectivity index (χ2n) is 4.64. The van der Waals surface area contributed by atoms with Crippen molar-refractivity contribution in [1.82, 2.24) is 4.98 Å². The second kappa shape index (κ2) is 4.95. The number of anilines is 1. The maximum Gasteiger partial charge on any atom is 0.360 e. The lowest BCUT2D eigenvalue weighted by atomic mass is 10.2. The van der Waals surface area contributed by atoms with Crippen LogP contribution in [-0.2, 0) is 0 Å². The number of para-hydroxylation sites is 1. The molecule has 3 nitrogen and oxygen atoms in total. The van der Waals surface area contributed by atoms with Gasteiger partial charge in [0.05, 0.1) is 0 Å². The highest BCUT2D eigenvalue weighted by molar-refractivity contribution is 7.22. The number of aromatic nitrogens is 2. The van der Waals surface area contributed by atoms with Crippen molar-refractivity contribution in [3.8, 4) is 16.4 Å². The molecule has 2 heterocycles. The van der Waals surface area contributed by atoms with Gasteiger partial charge in [0.25, 0.3) is 0 Å². The Morgan fingerprint density at radius 3 is 2.52 bits per heavy atom. The third kappa shape index (κ3) is 2.20. The van der Waals surface area contributed by atoms with E-state index >= 15 is 0 Å². The molecule has 5 heteroatoms. The Morgan fingerprint density at radius 2 is 1.71 bits per heavy atom. The Balaban J connectivity index is 1.92. The molecule has 0 saturated heterocycles. The van der Waals surface area contributed by atoms with E-state index in [2.05, 4.69) is 51.4 Å². The van der Waals surface area contributed by atoms with Gasteiger partial charge in [-0.25, -0.2) is 0 Å². The molecule has 0 radical (unpaired) electrons. The van der Waals surface area contributed by atoms with Crippen molar-refractivity contribution in [2.45, 2.75) is 0 Å². The summed E-state index contributed by atoms with van der Waals surface area (Å²) in [5.41, 5.74) is 7.02. The molecule has 2 N–H and O–H groups in total. The SMILES string of the molecule is Nc1nc(-c2cc3ccccc3s2)[n+](-c2ccccc2)s1. The van der Waals surface area contributed by atoms with Crippen molar-refractivity contribution in [3.63, 3.8) is 0 Å². The Labute approximate surface area is 130 Å². The van der Waals surface area contributed by atoms with Gasteiger partial charge in [0.15, 0.2) is 0 Å². The minimum atomic E-state index is 0.575. The highest BCUT2D eigenvalue weighted by Gasteiger charge is 2.24. The van der Waals surface area contributed by atoms with Gasteiger partial charge in [0, 0.05) is 4.70 Å². The molecule has 2 aromatic carbocycles. The zero-order valence-corrected chi connectivity index (χ0v) is 12.7. The molecule has 0 fully saturated rings. The fraction of sp³-hybridized carbons (Fsp3) is 0. The zero-order chi connectivity index (χ0) is 14.2. The summed E-state index contributed by atoms with van der Waals surface area (Å²) >= 11 is 3.20. The summed E-state index contributed by atoms with van der Waals surface area (Å²) in [7, 11) is 0. The summed E-state index contributed by atoms with van der Waals surface area (Å²) in [5, 5.41) is 1.81. The number of rotatable bonds is 2. The average molecular weight is 310 g/mol. The van der Waals surface area contributed by atoms with E-state index in [4.69, 9.17) is 5.73 Å². The molecule has 0 saturated carbocycles. The highest BCUT2D eigenvalue weighted by Crippen LogP contribution is 2.32. The Bertz CT molecular complexity index is 877. The van der Waals surface area contributed by atoms with Crippen LogP contribution in [0.5, 0.6) is 0 Å². The van der Waals surface area contributed by atoms with Crippen molar-refractivity contribution in [2.75, 3.05) is 5.73 Å². The predicted molar refractivity (Wildman–Crippen MR) is 88.9 cm³/mol. The Morgan fingerprint density at radius 1 is 0.952 bits per heavy atom. The lowest BCUT2D eigenvalue weighted by Gasteiger charge is -1.94. The first kappa shape index (κ1) is 12.5. The molecule has 0 aliphatic heterocycles. The molecule has 0 spiro atoms. The number of hydrogen-bond acceptors (Lipinski definition) is 4. The van der Waals surface area contributed by atoms with Crippen molar-refractivity contribution in [2.24, 2.45) is 0 Å². The minimum absolute atomic E-state index is 0.575. The van der Waals surface area contributed by atoms with E-state index < -0.39 is 0 Å². The van der Waals surface area contributed by atoms with Crippen LogP contribution in [0.15, 0.2) is 60.7 Å². The van der Waals surface area contributed by atoms with Crippen molar-refractivity contribution in [1.29, 1.82) is 0 Å². The number of thiophene rings is 1. The topological polar surface area (TPSA) is 42.8 Å². The normalized spacial score (nSPS) is 11.0. The van der Waals surface area contributed by atoms with Crippen LogP contribution in [0, 0.1) is 0 Å². The molecule has 0 bridgehead atoms. The smallest absolute Gasteiger partial charge is 0.351 e. The van der Waals surface area contributed by atoms with Gasteiger partial charge in [-0.1, -0.05) is 36.4 Å². The van der Waals surface area contributed by atoms with Gasteiger partial charge < -0.3 is 5.73 Å². The Hall–Kier alpha value is -2.24. The lowest BCUT2D eigenvalue weighted by molar-refractivity contribution is -0.509. The lowest BCUT2D eigenvalue weighted by Crippen LogP contribution is -2.27. The van der Waals surface area contributed by atoms with Crippen molar-refractivity contribution >= 4 is 38.1 Å². The summed E-state index contributed by atoms with van der Waals surface area (Å²) in [5.74, 6) is 0.907. The summed E-state index contributed by atoms with van der Waals surface area (Å²) < 4.78 is 3.35. The molecule has 2 aromatic heterocycles. The van der Waals surface area contributed by atoms with Crippen LogP contribution in [0.1, 0.15) is 0 Å². The molecular formula is C16H12N3S2+. The molecular weight excluding hydrogens is 298 g/mol. The van der Waals surface area contributed by atoms with E-state index in [1.807, 2.05) is 18.2 Å². The molecule has 4 aromatic rings. The van der Waals surface area contributed by atoms with Crippen LogP contribution in [0.4, 0.5) is 5.13 Å². The molecule has 0 aliphatic carbocycles. The predicted octanol–water partition coefficient (Wildman–Crippen LogP) is 3.88. The van der Waals surface area contributed by atoms with Gasteiger partial charge in [-0.2, -0.15) is 0 Å². The third-order valence-corrected chi connectivity index (χ3v) is 5.19. The highest BCUT2D eigenvalue weighted by atomic mass is 32.1. The number of nitrogens with zero attached hydrogens (tertiary/aromatic N) is 2. The summed E-state index contributed by atoms with van der Waals surface area (Å²) in [6.07, 6.45) is 0. The van der Waals surface area contributed by atoms with Crippen LogP contribution in [0.25, 0.3) is 26.5 Å². The van der Waals surface area contributed by atoms with Gasteiger partial charge in [0.1, 0.15) is 22.1 Å². The van der Waals surface area contributed by atoms with Crippen LogP contribution in [0.2, 0.25) is 0 Å². The Kier molecular flexibility index (Phi) is 2.94. The van der Waals surface area contributed by atoms with Crippen LogP contribution in [0.3, 0.4) is 0 Å². The molecule has 4 rings (SSSR count). The average Bonchev–Trinajstić information content (AvgIpc) is 3.11. The summed E-state index contributed by atoms with van der Waals surface area (Å²) in [6, 6.07) is 20.7. The van der Waals surface area contributed by atoms with Gasteiger partial charge in [-0.05, 0) is 34.6 Å². The number of hydrogen-bond donors (Lipinski definition) is 1. The first-order valence-corrected chi connectivity index (χ1v) is 8.13. The van der Waals surface area contributed by atoms with E-state index in [0.717, 1.165) is 16.4 Å². The first-order valence-electron chi connectivity index (χ1n) is 6.54. The zero-order valence-electron chi connectivity index (χ0n) is 11.1. The van der Waals surface area contributed by atoms with Gasteiger partial charge in [-0.3, -0.25) is 0 Å². The van der Waals surface area contributed by atoms with Crippen LogP contribution in [-0.4, -0.2) is 4.98 Å². The third-order valence-electron chi connectivity index (χ3n) is 3.23. The minimum Gasteiger partial charge on any atom is -0.351 e. The maximum absolute atomic E-state index is 5.94. The maximum atomic E-state index is 5.94.